The normalized spacial score (nSPS) is 10.6. The van der Waals surface area contributed by atoms with Crippen LogP contribution in [0.3, 0.4) is 0 Å². The van der Waals surface area contributed by atoms with Gasteiger partial charge in [0.05, 0.1) is 13.7 Å². The van der Waals surface area contributed by atoms with Crippen molar-refractivity contribution < 1.29 is 32.5 Å². The first-order valence-corrected chi connectivity index (χ1v) is 9.54. The molecule has 1 amide bonds. The van der Waals surface area contributed by atoms with Gasteiger partial charge in [-0.2, -0.15) is 0 Å². The molecule has 0 spiro atoms. The second-order valence-corrected chi connectivity index (χ2v) is 6.44. The standard InChI is InChI=1S/C19H19F3N2O4.C3H8/c1-4-16(26)23-9-13-7-14(11(2)18(27-3)15(13)10-25)12-5-6-17(24-8-12)28-19(20,21)22;1-3-2/h4-8,25H,1,9-10H2,2-3H3,(H,23,26);3H2,1-2H3. The van der Waals surface area contributed by atoms with Crippen molar-refractivity contribution >= 4 is 5.91 Å². The van der Waals surface area contributed by atoms with Crippen molar-refractivity contribution in [3.8, 4) is 22.8 Å². The van der Waals surface area contributed by atoms with Crippen molar-refractivity contribution in [2.75, 3.05) is 7.11 Å². The first kappa shape index (κ1) is 26.0. The molecule has 1 aromatic heterocycles. The molecule has 0 unspecified atom stereocenters. The molecular weight excluding hydrogens is 413 g/mol. The Morgan fingerprint density at radius 3 is 2.42 bits per heavy atom. The summed E-state index contributed by atoms with van der Waals surface area (Å²) in [5, 5.41) is 12.4. The van der Waals surface area contributed by atoms with Crippen LogP contribution in [-0.4, -0.2) is 29.5 Å². The molecule has 0 atom stereocenters. The van der Waals surface area contributed by atoms with Gasteiger partial charge in [-0.15, -0.1) is 13.2 Å². The highest BCUT2D eigenvalue weighted by Gasteiger charge is 2.31. The average Bonchev–Trinajstić information content (AvgIpc) is 2.72. The number of hydrogen-bond acceptors (Lipinski definition) is 5. The summed E-state index contributed by atoms with van der Waals surface area (Å²) < 4.78 is 46.1. The zero-order chi connectivity index (χ0) is 23.6. The van der Waals surface area contributed by atoms with Crippen LogP contribution in [0.2, 0.25) is 0 Å². The number of benzene rings is 1. The predicted molar refractivity (Wildman–Crippen MR) is 112 cm³/mol. The molecule has 0 saturated heterocycles. The van der Waals surface area contributed by atoms with Crippen LogP contribution in [0.4, 0.5) is 13.2 Å². The van der Waals surface area contributed by atoms with Crippen molar-refractivity contribution in [1.29, 1.82) is 0 Å². The van der Waals surface area contributed by atoms with Crippen LogP contribution in [0.5, 0.6) is 11.6 Å². The zero-order valence-corrected chi connectivity index (χ0v) is 18.0. The smallest absolute Gasteiger partial charge is 0.496 e. The summed E-state index contributed by atoms with van der Waals surface area (Å²) in [4.78, 5) is 15.2. The number of carbonyl (C=O) groups is 1. The maximum Gasteiger partial charge on any atom is 0.574 e. The Bertz CT molecular complexity index is 882. The molecule has 6 nitrogen and oxygen atoms in total. The number of pyridine rings is 1. The van der Waals surface area contributed by atoms with Gasteiger partial charge in [-0.05, 0) is 41.8 Å². The highest BCUT2D eigenvalue weighted by Crippen LogP contribution is 2.36. The van der Waals surface area contributed by atoms with E-state index in [2.05, 4.69) is 35.5 Å². The Morgan fingerprint density at radius 1 is 1.32 bits per heavy atom. The van der Waals surface area contributed by atoms with Crippen LogP contribution in [0.15, 0.2) is 37.1 Å². The second-order valence-electron chi connectivity index (χ2n) is 6.44. The number of nitrogens with one attached hydrogen (secondary N) is 1. The van der Waals surface area contributed by atoms with E-state index in [4.69, 9.17) is 4.74 Å². The van der Waals surface area contributed by atoms with E-state index >= 15 is 0 Å². The number of amides is 1. The molecule has 0 aliphatic heterocycles. The van der Waals surface area contributed by atoms with E-state index < -0.39 is 12.2 Å². The van der Waals surface area contributed by atoms with Crippen molar-refractivity contribution in [3.63, 3.8) is 0 Å². The minimum Gasteiger partial charge on any atom is -0.496 e. The Balaban J connectivity index is 0.00000151. The minimum atomic E-state index is -4.83. The molecule has 0 fully saturated rings. The Labute approximate surface area is 179 Å². The van der Waals surface area contributed by atoms with E-state index in [1.54, 1.807) is 13.0 Å². The molecule has 2 rings (SSSR count). The molecule has 170 valence electrons. The highest BCUT2D eigenvalue weighted by molar-refractivity contribution is 5.86. The maximum atomic E-state index is 12.3. The fraction of sp³-hybridized carbons (Fsp3) is 0.364. The summed E-state index contributed by atoms with van der Waals surface area (Å²) in [5.74, 6) is -0.551. The van der Waals surface area contributed by atoms with Gasteiger partial charge < -0.3 is 19.9 Å². The summed E-state index contributed by atoms with van der Waals surface area (Å²) in [5.41, 5.74) is 2.90. The lowest BCUT2D eigenvalue weighted by Crippen LogP contribution is -2.21. The van der Waals surface area contributed by atoms with Crippen LogP contribution in [0, 0.1) is 6.92 Å². The Hall–Kier alpha value is -3.07. The molecule has 1 heterocycles. The lowest BCUT2D eigenvalue weighted by Gasteiger charge is -2.19. The van der Waals surface area contributed by atoms with E-state index in [0.717, 1.165) is 12.1 Å². The SMILES string of the molecule is C=CC(=O)NCc1cc(-c2ccc(OC(F)(F)F)nc2)c(C)c(OC)c1CO.CCC. The fourth-order valence-electron chi connectivity index (χ4n) is 2.74. The van der Waals surface area contributed by atoms with Gasteiger partial charge in [0, 0.05) is 29.9 Å². The van der Waals surface area contributed by atoms with Gasteiger partial charge in [-0.25, -0.2) is 4.98 Å². The quantitative estimate of drug-likeness (QED) is 0.612. The zero-order valence-electron chi connectivity index (χ0n) is 18.0. The summed E-state index contributed by atoms with van der Waals surface area (Å²) in [7, 11) is 1.44. The number of aliphatic hydroxyl groups is 1. The van der Waals surface area contributed by atoms with E-state index in [9.17, 15) is 23.1 Å². The topological polar surface area (TPSA) is 80.7 Å². The number of nitrogens with zero attached hydrogens (tertiary/aromatic N) is 1. The molecule has 2 N–H and O–H groups in total. The molecule has 0 aliphatic rings. The minimum absolute atomic E-state index is 0.104. The predicted octanol–water partition coefficient (Wildman–Crippen LogP) is 4.68. The maximum absolute atomic E-state index is 12.3. The number of methoxy groups -OCH3 is 1. The molecule has 0 bridgehead atoms. The molecule has 0 radical (unpaired) electrons. The first-order chi connectivity index (χ1) is 14.6. The monoisotopic (exact) mass is 440 g/mol. The number of ether oxygens (including phenoxy) is 2. The van der Waals surface area contributed by atoms with Gasteiger partial charge in [0.2, 0.25) is 11.8 Å². The summed E-state index contributed by atoms with van der Waals surface area (Å²) >= 11 is 0. The van der Waals surface area contributed by atoms with Crippen LogP contribution < -0.4 is 14.8 Å². The average molecular weight is 440 g/mol. The van der Waals surface area contributed by atoms with Crippen molar-refractivity contribution in [2.45, 2.75) is 46.7 Å². The van der Waals surface area contributed by atoms with Crippen molar-refractivity contribution in [1.82, 2.24) is 10.3 Å². The first-order valence-electron chi connectivity index (χ1n) is 9.54. The van der Waals surface area contributed by atoms with Gasteiger partial charge in [0.25, 0.3) is 0 Å². The van der Waals surface area contributed by atoms with Gasteiger partial charge in [-0.1, -0.05) is 26.8 Å². The van der Waals surface area contributed by atoms with Gasteiger partial charge in [0.1, 0.15) is 5.75 Å². The van der Waals surface area contributed by atoms with Crippen LogP contribution in [0.1, 0.15) is 37.0 Å². The van der Waals surface area contributed by atoms with Gasteiger partial charge in [0.15, 0.2) is 0 Å². The number of hydrogen-bond donors (Lipinski definition) is 2. The van der Waals surface area contributed by atoms with E-state index in [-0.39, 0.29) is 19.1 Å². The lowest BCUT2D eigenvalue weighted by atomic mass is 9.94. The third kappa shape index (κ3) is 7.60. The molecule has 0 saturated carbocycles. The van der Waals surface area contributed by atoms with Crippen LogP contribution in [-0.2, 0) is 17.9 Å². The highest BCUT2D eigenvalue weighted by atomic mass is 19.4. The van der Waals surface area contributed by atoms with Crippen LogP contribution >= 0.6 is 0 Å². The van der Waals surface area contributed by atoms with E-state index in [0.29, 0.717) is 33.6 Å². The third-order valence-corrected chi connectivity index (χ3v) is 3.99. The lowest BCUT2D eigenvalue weighted by molar-refractivity contribution is -0.276. The summed E-state index contributed by atoms with van der Waals surface area (Å²) in [6.07, 6.45) is -1.21. The Morgan fingerprint density at radius 2 is 1.97 bits per heavy atom. The molecular formula is C22H27F3N2O4. The summed E-state index contributed by atoms with van der Waals surface area (Å²) in [6.45, 7) is 9.16. The van der Waals surface area contributed by atoms with E-state index in [1.807, 2.05) is 0 Å². The second kappa shape index (κ2) is 11.9. The number of aliphatic hydroxyl groups excluding tert-OH is 1. The number of halogens is 3. The molecule has 2 aromatic rings. The Kier molecular flexibility index (Phi) is 10.0. The van der Waals surface area contributed by atoms with Crippen molar-refractivity contribution in [2.24, 2.45) is 0 Å². The molecule has 31 heavy (non-hydrogen) atoms. The third-order valence-electron chi connectivity index (χ3n) is 3.99. The van der Waals surface area contributed by atoms with E-state index in [1.165, 1.54) is 25.8 Å². The van der Waals surface area contributed by atoms with Crippen LogP contribution in [0.25, 0.3) is 11.1 Å². The van der Waals surface area contributed by atoms with Crippen molar-refractivity contribution in [3.05, 3.63) is 53.7 Å². The number of aromatic nitrogens is 1. The molecule has 0 aliphatic carbocycles. The summed E-state index contributed by atoms with van der Waals surface area (Å²) in [6, 6.07) is 4.25. The molecule has 1 aromatic carbocycles. The fourth-order valence-corrected chi connectivity index (χ4v) is 2.74. The van der Waals surface area contributed by atoms with Gasteiger partial charge >= 0.3 is 6.36 Å². The number of alkyl halides is 3. The molecule has 9 heteroatoms. The number of rotatable bonds is 7. The number of carbonyl (C=O) groups excluding carboxylic acids is 1. The van der Waals surface area contributed by atoms with Gasteiger partial charge in [-0.3, -0.25) is 4.79 Å². The largest absolute Gasteiger partial charge is 0.574 e.